The molecule has 3 N–H and O–H groups in total. The van der Waals surface area contributed by atoms with Gasteiger partial charge in [-0.3, -0.25) is 9.78 Å². The highest BCUT2D eigenvalue weighted by Gasteiger charge is 2.45. The summed E-state index contributed by atoms with van der Waals surface area (Å²) in [6.07, 6.45) is 7.26. The maximum atomic E-state index is 12.9. The summed E-state index contributed by atoms with van der Waals surface area (Å²) >= 11 is 0. The number of carbonyl (C=O) groups is 1. The number of nitrogens with zero attached hydrogens (tertiary/aromatic N) is 5. The van der Waals surface area contributed by atoms with Crippen molar-refractivity contribution in [1.29, 1.82) is 0 Å². The number of pyridine rings is 1. The standard InChI is InChI=1S/C27H28N6O4S/c1-38(36,37)25-24(18-11-19-8-9-20(12-18)32(19)23(35)15-34)31-27-21(14-30-33(27)26(25)28)17-7-10-22(29-13-17)16-5-3-2-4-6-16/h2-7,10,13-14,18-20,34H,8-9,11-12,15,28H2,1H3/t18-,19+,20-. The number of aromatic nitrogens is 4. The van der Waals surface area contributed by atoms with Gasteiger partial charge in [0.15, 0.2) is 15.5 Å². The van der Waals surface area contributed by atoms with Crippen LogP contribution >= 0.6 is 0 Å². The highest BCUT2D eigenvalue weighted by atomic mass is 32.2. The minimum atomic E-state index is -3.73. The maximum Gasteiger partial charge on any atom is 0.248 e. The molecular formula is C27H28N6O4S. The van der Waals surface area contributed by atoms with Gasteiger partial charge >= 0.3 is 0 Å². The van der Waals surface area contributed by atoms with Gasteiger partial charge in [0.1, 0.15) is 17.3 Å². The van der Waals surface area contributed by atoms with E-state index in [1.165, 1.54) is 4.52 Å². The van der Waals surface area contributed by atoms with Crippen LogP contribution in [-0.2, 0) is 14.6 Å². The third-order valence-electron chi connectivity index (χ3n) is 7.72. The Bertz CT molecular complexity index is 1620. The van der Waals surface area contributed by atoms with Crippen LogP contribution in [0.5, 0.6) is 0 Å². The number of rotatable bonds is 5. The quantitative estimate of drug-likeness (QED) is 0.399. The van der Waals surface area contributed by atoms with Crippen LogP contribution in [0.15, 0.2) is 59.8 Å². The summed E-state index contributed by atoms with van der Waals surface area (Å²) < 4.78 is 27.3. The molecule has 11 heteroatoms. The van der Waals surface area contributed by atoms with Crippen molar-refractivity contribution in [3.05, 3.63) is 60.6 Å². The predicted molar refractivity (Wildman–Crippen MR) is 142 cm³/mol. The zero-order chi connectivity index (χ0) is 26.6. The highest BCUT2D eigenvalue weighted by Crippen LogP contribution is 2.45. The average molecular weight is 533 g/mol. The molecule has 2 bridgehead atoms. The predicted octanol–water partition coefficient (Wildman–Crippen LogP) is 2.67. The van der Waals surface area contributed by atoms with E-state index in [0.29, 0.717) is 29.7 Å². The summed E-state index contributed by atoms with van der Waals surface area (Å²) in [7, 11) is -3.73. The number of nitrogen functional groups attached to an aromatic ring is 1. The third-order valence-corrected chi connectivity index (χ3v) is 8.88. The van der Waals surface area contributed by atoms with Gasteiger partial charge < -0.3 is 15.7 Å². The fourth-order valence-corrected chi connectivity index (χ4v) is 7.16. The van der Waals surface area contributed by atoms with Crippen molar-refractivity contribution in [3.8, 4) is 22.4 Å². The molecule has 3 atom stereocenters. The number of amides is 1. The first kappa shape index (κ1) is 24.5. The summed E-state index contributed by atoms with van der Waals surface area (Å²) in [5.74, 6) is -0.464. The Morgan fingerprint density at radius 3 is 2.37 bits per heavy atom. The Kier molecular flexibility index (Phi) is 5.92. The fourth-order valence-electron chi connectivity index (χ4n) is 6.10. The van der Waals surface area contributed by atoms with Crippen LogP contribution in [0, 0.1) is 0 Å². The van der Waals surface area contributed by atoms with E-state index in [4.69, 9.17) is 10.7 Å². The Morgan fingerprint density at radius 1 is 1.05 bits per heavy atom. The molecule has 0 radical (unpaired) electrons. The third kappa shape index (κ3) is 4.02. The molecule has 2 saturated heterocycles. The number of aliphatic hydroxyl groups is 1. The maximum absolute atomic E-state index is 12.9. The van der Waals surface area contributed by atoms with Gasteiger partial charge in [0.05, 0.1) is 17.6 Å². The fraction of sp³-hybridized carbons (Fsp3) is 0.333. The molecule has 6 rings (SSSR count). The van der Waals surface area contributed by atoms with Gasteiger partial charge in [0.2, 0.25) is 5.91 Å². The Labute approximate surface area is 220 Å². The second-order valence-electron chi connectivity index (χ2n) is 10.1. The van der Waals surface area contributed by atoms with E-state index in [9.17, 15) is 18.3 Å². The van der Waals surface area contributed by atoms with Crippen LogP contribution in [0.1, 0.15) is 37.3 Å². The Morgan fingerprint density at radius 2 is 1.76 bits per heavy atom. The molecule has 10 nitrogen and oxygen atoms in total. The zero-order valence-corrected chi connectivity index (χ0v) is 21.7. The number of anilines is 1. The van der Waals surface area contributed by atoms with E-state index in [-0.39, 0.29) is 34.6 Å². The molecule has 0 spiro atoms. The van der Waals surface area contributed by atoms with E-state index in [2.05, 4.69) is 10.1 Å². The van der Waals surface area contributed by atoms with E-state index >= 15 is 0 Å². The van der Waals surface area contributed by atoms with Crippen molar-refractivity contribution < 1.29 is 18.3 Å². The lowest BCUT2D eigenvalue weighted by Gasteiger charge is -2.39. The molecule has 0 aliphatic carbocycles. The minimum Gasteiger partial charge on any atom is -0.387 e. The van der Waals surface area contributed by atoms with Crippen LogP contribution in [0.2, 0.25) is 0 Å². The second-order valence-corrected chi connectivity index (χ2v) is 12.0. The van der Waals surface area contributed by atoms with Crippen LogP contribution in [-0.4, -0.2) is 68.9 Å². The van der Waals surface area contributed by atoms with Gasteiger partial charge in [-0.2, -0.15) is 9.61 Å². The number of benzene rings is 1. The summed E-state index contributed by atoms with van der Waals surface area (Å²) in [4.78, 5) is 23.6. The van der Waals surface area contributed by atoms with Gasteiger partial charge in [-0.05, 0) is 31.7 Å². The topological polar surface area (TPSA) is 144 Å². The number of carbonyl (C=O) groups excluding carboxylic acids is 1. The highest BCUT2D eigenvalue weighted by molar-refractivity contribution is 7.91. The monoisotopic (exact) mass is 532 g/mol. The number of piperidine rings is 1. The molecule has 2 aliphatic rings. The summed E-state index contributed by atoms with van der Waals surface area (Å²) in [5.41, 5.74) is 10.6. The van der Waals surface area contributed by atoms with Crippen molar-refractivity contribution >= 4 is 27.2 Å². The molecule has 1 aromatic carbocycles. The number of aliphatic hydroxyl groups excluding tert-OH is 1. The molecule has 3 aromatic heterocycles. The lowest BCUT2D eigenvalue weighted by atomic mass is 9.87. The van der Waals surface area contributed by atoms with Crippen LogP contribution in [0.3, 0.4) is 0 Å². The smallest absolute Gasteiger partial charge is 0.248 e. The lowest BCUT2D eigenvalue weighted by molar-refractivity contribution is -0.138. The van der Waals surface area contributed by atoms with E-state index in [1.807, 2.05) is 42.5 Å². The van der Waals surface area contributed by atoms with Crippen molar-refractivity contribution in [2.45, 2.75) is 48.6 Å². The molecule has 38 heavy (non-hydrogen) atoms. The van der Waals surface area contributed by atoms with Gasteiger partial charge in [0, 0.05) is 47.1 Å². The van der Waals surface area contributed by atoms with E-state index in [0.717, 1.165) is 35.9 Å². The lowest BCUT2D eigenvalue weighted by Crippen LogP contribution is -2.47. The molecule has 2 fully saturated rings. The molecule has 196 valence electrons. The number of nitrogens with two attached hydrogens (primary N) is 1. The normalized spacial score (nSPS) is 21.2. The van der Waals surface area contributed by atoms with Gasteiger partial charge in [0.25, 0.3) is 0 Å². The molecule has 1 amide bonds. The number of hydrogen-bond acceptors (Lipinski definition) is 8. The van der Waals surface area contributed by atoms with Crippen LogP contribution in [0.25, 0.3) is 28.0 Å². The Balaban J connectivity index is 1.44. The number of sulfone groups is 1. The molecule has 0 unspecified atom stereocenters. The molecule has 4 aromatic rings. The SMILES string of the molecule is CS(=O)(=O)c1c([C@H]2C[C@H]3CC[C@@H](C2)N3C(=O)CO)nc2c(-c3ccc(-c4ccccc4)nc3)cnn2c1N. The summed E-state index contributed by atoms with van der Waals surface area (Å²) in [6.45, 7) is -0.528. The summed E-state index contributed by atoms with van der Waals surface area (Å²) in [6, 6.07) is 13.6. The van der Waals surface area contributed by atoms with Crippen molar-refractivity contribution in [2.75, 3.05) is 18.6 Å². The van der Waals surface area contributed by atoms with Crippen molar-refractivity contribution in [1.82, 2.24) is 24.5 Å². The average Bonchev–Trinajstić information content (AvgIpc) is 3.46. The molecule has 5 heterocycles. The van der Waals surface area contributed by atoms with Crippen LogP contribution < -0.4 is 5.73 Å². The van der Waals surface area contributed by atoms with E-state index < -0.39 is 16.4 Å². The van der Waals surface area contributed by atoms with Crippen LogP contribution in [0.4, 0.5) is 5.82 Å². The Hall–Kier alpha value is -3.83. The molecular weight excluding hydrogens is 504 g/mol. The largest absolute Gasteiger partial charge is 0.387 e. The van der Waals surface area contributed by atoms with Gasteiger partial charge in [-0.15, -0.1) is 0 Å². The molecule has 0 saturated carbocycles. The first-order chi connectivity index (χ1) is 18.3. The number of fused-ring (bicyclic) bond motifs is 3. The van der Waals surface area contributed by atoms with E-state index in [1.54, 1.807) is 17.3 Å². The number of hydrogen-bond donors (Lipinski definition) is 2. The second kappa shape index (κ2) is 9.17. The zero-order valence-electron chi connectivity index (χ0n) is 20.9. The summed E-state index contributed by atoms with van der Waals surface area (Å²) in [5, 5.41) is 13.8. The van der Waals surface area contributed by atoms with Gasteiger partial charge in [-0.1, -0.05) is 36.4 Å². The van der Waals surface area contributed by atoms with Crippen molar-refractivity contribution in [3.63, 3.8) is 0 Å². The molecule has 2 aliphatic heterocycles. The van der Waals surface area contributed by atoms with Crippen molar-refractivity contribution in [2.24, 2.45) is 0 Å². The first-order valence-corrected chi connectivity index (χ1v) is 14.5. The van der Waals surface area contributed by atoms with Gasteiger partial charge in [-0.25, -0.2) is 13.4 Å². The first-order valence-electron chi connectivity index (χ1n) is 12.6. The minimum absolute atomic E-state index is 0.0106.